The van der Waals surface area contributed by atoms with E-state index in [0.29, 0.717) is 17.2 Å². The van der Waals surface area contributed by atoms with E-state index in [1.54, 1.807) is 24.8 Å². The van der Waals surface area contributed by atoms with Gasteiger partial charge in [0.15, 0.2) is 0 Å². The van der Waals surface area contributed by atoms with Gasteiger partial charge in [0.2, 0.25) is 0 Å². The van der Waals surface area contributed by atoms with E-state index in [2.05, 4.69) is 15.9 Å². The van der Waals surface area contributed by atoms with Crippen molar-refractivity contribution in [2.45, 2.75) is 23.6 Å². The van der Waals surface area contributed by atoms with Crippen molar-refractivity contribution < 1.29 is 9.53 Å². The molecule has 2 heterocycles. The molecule has 0 spiro atoms. The van der Waals surface area contributed by atoms with E-state index in [9.17, 15) is 4.79 Å². The number of hydrogen-bond acceptors (Lipinski definition) is 5. The van der Waals surface area contributed by atoms with Gasteiger partial charge in [0.25, 0.3) is 0 Å². The zero-order chi connectivity index (χ0) is 19.7. The molecule has 0 saturated carbocycles. The van der Waals surface area contributed by atoms with Crippen LogP contribution in [0.2, 0.25) is 5.02 Å². The first-order valence-electron chi connectivity index (χ1n) is 8.74. The number of aromatic nitrogens is 2. The van der Waals surface area contributed by atoms with Crippen molar-refractivity contribution in [3.63, 3.8) is 0 Å². The molecule has 0 fully saturated rings. The number of benzene rings is 2. The molecule has 2 aromatic heterocycles. The molecule has 0 bridgehead atoms. The molecule has 142 valence electrons. The fourth-order valence-electron chi connectivity index (χ4n) is 3.15. The number of halogens is 1. The Morgan fingerprint density at radius 2 is 2.14 bits per heavy atom. The maximum Gasteiger partial charge on any atom is 0.338 e. The SMILES string of the molecule is CCOC(=O)c1cccc(Sc2c(C)n(-c3cnsc3)c3cc(Cl)ccc23)c1. The quantitative estimate of drug-likeness (QED) is 0.346. The molecule has 0 aliphatic heterocycles. The lowest BCUT2D eigenvalue weighted by atomic mass is 10.2. The van der Waals surface area contributed by atoms with Gasteiger partial charge in [0, 0.05) is 31.3 Å². The summed E-state index contributed by atoms with van der Waals surface area (Å²) in [5, 5.41) is 3.82. The highest BCUT2D eigenvalue weighted by Crippen LogP contribution is 2.40. The Hall–Kier alpha value is -2.28. The lowest BCUT2D eigenvalue weighted by Crippen LogP contribution is -2.04. The first-order chi connectivity index (χ1) is 13.6. The third-order valence-electron chi connectivity index (χ3n) is 4.35. The van der Waals surface area contributed by atoms with E-state index in [1.807, 2.05) is 48.0 Å². The second kappa shape index (κ2) is 7.99. The van der Waals surface area contributed by atoms with Gasteiger partial charge in [-0.2, -0.15) is 4.37 Å². The summed E-state index contributed by atoms with van der Waals surface area (Å²) in [4.78, 5) is 14.2. The van der Waals surface area contributed by atoms with Crippen LogP contribution in [0.4, 0.5) is 0 Å². The first kappa shape index (κ1) is 19.1. The normalized spacial score (nSPS) is 11.1. The number of rotatable bonds is 5. The second-order valence-corrected chi connectivity index (χ2v) is 8.32. The molecule has 2 aromatic carbocycles. The van der Waals surface area contributed by atoms with E-state index >= 15 is 0 Å². The summed E-state index contributed by atoms with van der Waals surface area (Å²) in [5.41, 5.74) is 3.71. The maximum absolute atomic E-state index is 12.1. The molecule has 0 saturated heterocycles. The minimum absolute atomic E-state index is 0.305. The van der Waals surface area contributed by atoms with Gasteiger partial charge in [-0.15, -0.1) is 0 Å². The van der Waals surface area contributed by atoms with Crippen LogP contribution in [0.1, 0.15) is 23.0 Å². The molecular formula is C21H17ClN2O2S2. The lowest BCUT2D eigenvalue weighted by molar-refractivity contribution is 0.0526. The van der Waals surface area contributed by atoms with Crippen molar-refractivity contribution in [1.82, 2.24) is 8.94 Å². The van der Waals surface area contributed by atoms with Crippen molar-refractivity contribution in [3.8, 4) is 5.69 Å². The van der Waals surface area contributed by atoms with Gasteiger partial charge in [-0.3, -0.25) is 0 Å². The zero-order valence-electron chi connectivity index (χ0n) is 15.3. The number of carbonyl (C=O) groups excluding carboxylic acids is 1. The average molecular weight is 429 g/mol. The van der Waals surface area contributed by atoms with Crippen LogP contribution in [-0.4, -0.2) is 21.5 Å². The summed E-state index contributed by atoms with van der Waals surface area (Å²) in [7, 11) is 0. The number of nitrogens with zero attached hydrogens (tertiary/aromatic N) is 2. The topological polar surface area (TPSA) is 44.1 Å². The summed E-state index contributed by atoms with van der Waals surface area (Å²) in [6, 6.07) is 13.4. The van der Waals surface area contributed by atoms with Crippen LogP contribution < -0.4 is 0 Å². The van der Waals surface area contributed by atoms with E-state index < -0.39 is 0 Å². The number of ether oxygens (including phenoxy) is 1. The number of carbonyl (C=O) groups is 1. The second-order valence-electron chi connectivity index (χ2n) is 6.14. The number of fused-ring (bicyclic) bond motifs is 1. The van der Waals surface area contributed by atoms with Crippen molar-refractivity contribution in [2.75, 3.05) is 6.61 Å². The third-order valence-corrected chi connectivity index (χ3v) is 6.37. The lowest BCUT2D eigenvalue weighted by Gasteiger charge is -2.07. The average Bonchev–Trinajstić information content (AvgIpc) is 3.29. The summed E-state index contributed by atoms with van der Waals surface area (Å²) in [6.07, 6.45) is 1.85. The Morgan fingerprint density at radius 3 is 2.89 bits per heavy atom. The van der Waals surface area contributed by atoms with Crippen LogP contribution in [0.25, 0.3) is 16.6 Å². The highest BCUT2D eigenvalue weighted by Gasteiger charge is 2.18. The molecule has 0 aliphatic carbocycles. The molecule has 28 heavy (non-hydrogen) atoms. The summed E-state index contributed by atoms with van der Waals surface area (Å²) in [6.45, 7) is 4.25. The zero-order valence-corrected chi connectivity index (χ0v) is 17.7. The summed E-state index contributed by atoms with van der Waals surface area (Å²) < 4.78 is 11.5. The largest absolute Gasteiger partial charge is 0.462 e. The fourth-order valence-corrected chi connectivity index (χ4v) is 4.91. The molecule has 0 aliphatic rings. The molecular weight excluding hydrogens is 412 g/mol. The van der Waals surface area contributed by atoms with Crippen molar-refractivity contribution in [2.24, 2.45) is 0 Å². The van der Waals surface area contributed by atoms with Gasteiger partial charge in [-0.25, -0.2) is 4.79 Å². The van der Waals surface area contributed by atoms with Crippen molar-refractivity contribution in [3.05, 3.63) is 70.3 Å². The standard InChI is InChI=1S/C21H17ClN2O2S2/c1-3-26-21(25)14-5-4-6-17(9-14)28-20-13(2)24(16-11-23-27-12-16)19-10-15(22)7-8-18(19)20/h4-12H,3H2,1-2H3. The van der Waals surface area contributed by atoms with E-state index in [0.717, 1.165) is 32.1 Å². The molecule has 4 rings (SSSR count). The van der Waals surface area contributed by atoms with Gasteiger partial charge in [0.1, 0.15) is 0 Å². The Bertz CT molecular complexity index is 1150. The molecule has 0 atom stereocenters. The first-order valence-corrected chi connectivity index (χ1v) is 10.8. The van der Waals surface area contributed by atoms with Crippen molar-refractivity contribution >= 4 is 51.8 Å². The minimum atomic E-state index is -0.305. The molecule has 0 unspecified atom stereocenters. The van der Waals surface area contributed by atoms with Crippen LogP contribution in [-0.2, 0) is 4.74 Å². The maximum atomic E-state index is 12.1. The van der Waals surface area contributed by atoms with Crippen LogP contribution in [0.5, 0.6) is 0 Å². The molecule has 0 radical (unpaired) electrons. The highest BCUT2D eigenvalue weighted by atomic mass is 35.5. The molecule has 0 N–H and O–H groups in total. The summed E-state index contributed by atoms with van der Waals surface area (Å²) in [5.74, 6) is -0.305. The van der Waals surface area contributed by atoms with E-state index in [4.69, 9.17) is 16.3 Å². The number of esters is 1. The van der Waals surface area contributed by atoms with Gasteiger partial charge in [-0.1, -0.05) is 35.5 Å². The smallest absolute Gasteiger partial charge is 0.338 e. The minimum Gasteiger partial charge on any atom is -0.462 e. The Balaban J connectivity index is 1.81. The Morgan fingerprint density at radius 1 is 1.29 bits per heavy atom. The third kappa shape index (κ3) is 3.55. The van der Waals surface area contributed by atoms with Crippen LogP contribution in [0.3, 0.4) is 0 Å². The van der Waals surface area contributed by atoms with Crippen LogP contribution >= 0.6 is 34.9 Å². The Labute approximate surface area is 176 Å². The fraction of sp³-hybridized carbons (Fsp3) is 0.143. The number of hydrogen-bond donors (Lipinski definition) is 0. The molecule has 7 heteroatoms. The predicted octanol–water partition coefficient (Wildman–Crippen LogP) is 6.38. The van der Waals surface area contributed by atoms with Gasteiger partial charge >= 0.3 is 5.97 Å². The molecule has 4 aromatic rings. The predicted molar refractivity (Wildman–Crippen MR) is 115 cm³/mol. The van der Waals surface area contributed by atoms with Crippen LogP contribution in [0.15, 0.2) is 63.8 Å². The van der Waals surface area contributed by atoms with Crippen LogP contribution in [0, 0.1) is 6.92 Å². The Kier molecular flexibility index (Phi) is 5.44. The monoisotopic (exact) mass is 428 g/mol. The summed E-state index contributed by atoms with van der Waals surface area (Å²) >= 11 is 9.32. The molecule has 0 amide bonds. The highest BCUT2D eigenvalue weighted by molar-refractivity contribution is 7.99. The molecule has 4 nitrogen and oxygen atoms in total. The van der Waals surface area contributed by atoms with Gasteiger partial charge in [-0.05, 0) is 55.7 Å². The van der Waals surface area contributed by atoms with E-state index in [-0.39, 0.29) is 5.97 Å². The van der Waals surface area contributed by atoms with Gasteiger partial charge in [0.05, 0.1) is 29.6 Å². The van der Waals surface area contributed by atoms with Gasteiger partial charge < -0.3 is 9.30 Å². The van der Waals surface area contributed by atoms with E-state index in [1.165, 1.54) is 11.5 Å². The van der Waals surface area contributed by atoms with Crippen molar-refractivity contribution in [1.29, 1.82) is 0 Å².